The minimum atomic E-state index is 0.111. The fourth-order valence-corrected chi connectivity index (χ4v) is 2.64. The smallest absolute Gasteiger partial charge is 0.159 e. The standard InChI is InChI=1S/C17H18N2O/c1-12(20)13-4-7-17(8-5-13)19-10-14-3-6-16(18-2)9-15(14)11-19/h3-9,18H,10-11H2,1-2H3. The number of carbonyl (C=O) groups excluding carboxylic acids is 1. The topological polar surface area (TPSA) is 32.3 Å². The maximum atomic E-state index is 11.3. The van der Waals surface area contributed by atoms with Crippen molar-refractivity contribution in [2.45, 2.75) is 20.0 Å². The van der Waals surface area contributed by atoms with E-state index in [4.69, 9.17) is 0 Å². The van der Waals surface area contributed by atoms with Crippen LogP contribution in [0.5, 0.6) is 0 Å². The molecule has 0 fully saturated rings. The maximum absolute atomic E-state index is 11.3. The summed E-state index contributed by atoms with van der Waals surface area (Å²) >= 11 is 0. The third-order valence-corrected chi connectivity index (χ3v) is 3.86. The second-order valence-electron chi connectivity index (χ2n) is 5.19. The molecule has 2 aromatic carbocycles. The van der Waals surface area contributed by atoms with Gasteiger partial charge in [0.25, 0.3) is 0 Å². The Labute approximate surface area is 119 Å². The summed E-state index contributed by atoms with van der Waals surface area (Å²) in [5.41, 5.74) is 5.82. The lowest BCUT2D eigenvalue weighted by atomic mass is 10.1. The van der Waals surface area contributed by atoms with Crippen LogP contribution < -0.4 is 10.2 Å². The van der Waals surface area contributed by atoms with E-state index in [0.717, 1.165) is 30.0 Å². The summed E-state index contributed by atoms with van der Waals surface area (Å²) in [5.74, 6) is 0.111. The van der Waals surface area contributed by atoms with Gasteiger partial charge in [-0.05, 0) is 54.4 Å². The highest BCUT2D eigenvalue weighted by Crippen LogP contribution is 2.30. The summed E-state index contributed by atoms with van der Waals surface area (Å²) in [5, 5.41) is 3.18. The molecule has 1 aliphatic heterocycles. The first-order valence-electron chi connectivity index (χ1n) is 6.83. The molecule has 20 heavy (non-hydrogen) atoms. The summed E-state index contributed by atoms with van der Waals surface area (Å²) in [6.45, 7) is 3.45. The van der Waals surface area contributed by atoms with Crippen molar-refractivity contribution in [2.75, 3.05) is 17.3 Å². The normalized spacial score (nSPS) is 13.2. The molecule has 102 valence electrons. The van der Waals surface area contributed by atoms with Crippen LogP contribution in [0, 0.1) is 0 Å². The first kappa shape index (κ1) is 12.7. The van der Waals surface area contributed by atoms with Crippen LogP contribution in [-0.2, 0) is 13.1 Å². The van der Waals surface area contributed by atoms with Gasteiger partial charge in [-0.25, -0.2) is 0 Å². The molecule has 2 aromatic rings. The molecule has 0 bridgehead atoms. The van der Waals surface area contributed by atoms with Gasteiger partial charge in [-0.3, -0.25) is 4.79 Å². The maximum Gasteiger partial charge on any atom is 0.159 e. The van der Waals surface area contributed by atoms with Crippen LogP contribution >= 0.6 is 0 Å². The number of Topliss-reactive ketones (excluding diaryl/α,β-unsaturated/α-hetero) is 1. The number of hydrogen-bond donors (Lipinski definition) is 1. The lowest BCUT2D eigenvalue weighted by Crippen LogP contribution is -2.14. The number of carbonyl (C=O) groups is 1. The molecular weight excluding hydrogens is 248 g/mol. The monoisotopic (exact) mass is 266 g/mol. The van der Waals surface area contributed by atoms with Crippen molar-refractivity contribution in [1.29, 1.82) is 0 Å². The van der Waals surface area contributed by atoms with Gasteiger partial charge in [0.05, 0.1) is 0 Å². The average molecular weight is 266 g/mol. The van der Waals surface area contributed by atoms with E-state index in [1.807, 2.05) is 31.3 Å². The van der Waals surface area contributed by atoms with E-state index in [9.17, 15) is 4.79 Å². The Bertz CT molecular complexity index is 647. The third kappa shape index (κ3) is 2.27. The van der Waals surface area contributed by atoms with E-state index in [1.165, 1.54) is 11.1 Å². The second kappa shape index (κ2) is 5.00. The number of nitrogens with one attached hydrogen (secondary N) is 1. The molecule has 0 aromatic heterocycles. The Balaban J connectivity index is 1.82. The quantitative estimate of drug-likeness (QED) is 0.864. The molecular formula is C17H18N2O. The molecule has 3 heteroatoms. The highest BCUT2D eigenvalue weighted by atomic mass is 16.1. The molecule has 0 unspecified atom stereocenters. The third-order valence-electron chi connectivity index (χ3n) is 3.86. The van der Waals surface area contributed by atoms with Crippen molar-refractivity contribution in [1.82, 2.24) is 0 Å². The van der Waals surface area contributed by atoms with Crippen LogP contribution in [0.2, 0.25) is 0 Å². The van der Waals surface area contributed by atoms with Gasteiger partial charge in [-0.1, -0.05) is 6.07 Å². The molecule has 0 saturated carbocycles. The highest BCUT2D eigenvalue weighted by Gasteiger charge is 2.19. The van der Waals surface area contributed by atoms with Crippen LogP contribution in [-0.4, -0.2) is 12.8 Å². The summed E-state index contributed by atoms with van der Waals surface area (Å²) < 4.78 is 0. The Hall–Kier alpha value is -2.29. The van der Waals surface area contributed by atoms with Gasteiger partial charge in [0.2, 0.25) is 0 Å². The molecule has 3 rings (SSSR count). The Morgan fingerprint density at radius 1 is 1.05 bits per heavy atom. The van der Waals surface area contributed by atoms with Gasteiger partial charge < -0.3 is 10.2 Å². The van der Waals surface area contributed by atoms with E-state index in [1.54, 1.807) is 6.92 Å². The summed E-state index contributed by atoms with van der Waals surface area (Å²) in [7, 11) is 1.94. The van der Waals surface area contributed by atoms with Gasteiger partial charge in [-0.2, -0.15) is 0 Å². The number of nitrogens with zero attached hydrogens (tertiary/aromatic N) is 1. The van der Waals surface area contributed by atoms with Crippen molar-refractivity contribution >= 4 is 17.2 Å². The molecule has 0 saturated heterocycles. The molecule has 0 amide bonds. The molecule has 1 heterocycles. The Kier molecular flexibility index (Phi) is 3.18. The predicted molar refractivity (Wildman–Crippen MR) is 82.3 cm³/mol. The number of benzene rings is 2. The van der Waals surface area contributed by atoms with Gasteiger partial charge in [0, 0.05) is 37.1 Å². The summed E-state index contributed by atoms with van der Waals surface area (Å²) in [6.07, 6.45) is 0. The SMILES string of the molecule is CNc1ccc2c(c1)CN(c1ccc(C(C)=O)cc1)C2. The van der Waals surface area contributed by atoms with Crippen molar-refractivity contribution in [3.05, 3.63) is 59.2 Å². The van der Waals surface area contributed by atoms with Gasteiger partial charge in [0.1, 0.15) is 0 Å². The van der Waals surface area contributed by atoms with Crippen LogP contribution in [0.3, 0.4) is 0 Å². The number of rotatable bonds is 3. The van der Waals surface area contributed by atoms with Crippen LogP contribution in [0.1, 0.15) is 28.4 Å². The largest absolute Gasteiger partial charge is 0.388 e. The minimum absolute atomic E-state index is 0.111. The lowest BCUT2D eigenvalue weighted by molar-refractivity contribution is 0.101. The van der Waals surface area contributed by atoms with Crippen molar-refractivity contribution in [3.63, 3.8) is 0 Å². The number of anilines is 2. The van der Waals surface area contributed by atoms with E-state index in [0.29, 0.717) is 0 Å². The predicted octanol–water partition coefficient (Wildman–Crippen LogP) is 3.45. The zero-order valence-corrected chi connectivity index (χ0v) is 11.8. The molecule has 0 spiro atoms. The first-order valence-corrected chi connectivity index (χ1v) is 6.83. The molecule has 0 radical (unpaired) electrons. The molecule has 1 aliphatic rings. The van der Waals surface area contributed by atoms with Gasteiger partial charge >= 0.3 is 0 Å². The van der Waals surface area contributed by atoms with E-state index >= 15 is 0 Å². The van der Waals surface area contributed by atoms with Gasteiger partial charge in [0.15, 0.2) is 5.78 Å². The van der Waals surface area contributed by atoms with Crippen LogP contribution in [0.15, 0.2) is 42.5 Å². The second-order valence-corrected chi connectivity index (χ2v) is 5.19. The zero-order valence-electron chi connectivity index (χ0n) is 11.8. The van der Waals surface area contributed by atoms with Crippen molar-refractivity contribution in [2.24, 2.45) is 0 Å². The van der Waals surface area contributed by atoms with Crippen molar-refractivity contribution in [3.8, 4) is 0 Å². The van der Waals surface area contributed by atoms with E-state index in [2.05, 4.69) is 28.4 Å². The zero-order chi connectivity index (χ0) is 14.1. The average Bonchev–Trinajstić information content (AvgIpc) is 2.90. The minimum Gasteiger partial charge on any atom is -0.388 e. The fourth-order valence-electron chi connectivity index (χ4n) is 2.64. The Morgan fingerprint density at radius 2 is 1.75 bits per heavy atom. The summed E-state index contributed by atoms with van der Waals surface area (Å²) in [6, 6.07) is 14.4. The number of hydrogen-bond acceptors (Lipinski definition) is 3. The number of ketones is 1. The van der Waals surface area contributed by atoms with Crippen molar-refractivity contribution < 1.29 is 4.79 Å². The first-order chi connectivity index (χ1) is 9.67. The molecule has 0 aliphatic carbocycles. The Morgan fingerprint density at radius 3 is 2.40 bits per heavy atom. The number of fused-ring (bicyclic) bond motifs is 1. The van der Waals surface area contributed by atoms with E-state index in [-0.39, 0.29) is 5.78 Å². The van der Waals surface area contributed by atoms with Crippen LogP contribution in [0.4, 0.5) is 11.4 Å². The molecule has 1 N–H and O–H groups in total. The highest BCUT2D eigenvalue weighted by molar-refractivity contribution is 5.94. The summed E-state index contributed by atoms with van der Waals surface area (Å²) in [4.78, 5) is 13.6. The molecule has 3 nitrogen and oxygen atoms in total. The fraction of sp³-hybridized carbons (Fsp3) is 0.235. The van der Waals surface area contributed by atoms with Gasteiger partial charge in [-0.15, -0.1) is 0 Å². The lowest BCUT2D eigenvalue weighted by Gasteiger charge is -2.17. The van der Waals surface area contributed by atoms with E-state index < -0.39 is 0 Å². The molecule has 0 atom stereocenters. The van der Waals surface area contributed by atoms with Crippen LogP contribution in [0.25, 0.3) is 0 Å².